The lowest BCUT2D eigenvalue weighted by Crippen LogP contribution is -2.36. The van der Waals surface area contributed by atoms with Gasteiger partial charge in [0.1, 0.15) is 5.82 Å². The molecule has 148 valence electrons. The third-order valence-electron chi connectivity index (χ3n) is 5.84. The standard InChI is InChI=1S/C21H29N7/c1-20(2,3)21(10-11-21)27-17-15-12-24-28(4)18(15)26-19(25-17)23-13-16(22)14-8-6-5-7-9-14/h5-9,12,16H,10-11,13,22H2,1-4H3,(H2,23,25,26,27). The Morgan fingerprint density at radius 2 is 1.89 bits per heavy atom. The van der Waals surface area contributed by atoms with Gasteiger partial charge in [0.05, 0.1) is 11.6 Å². The summed E-state index contributed by atoms with van der Waals surface area (Å²) in [5, 5.41) is 12.3. The second kappa shape index (κ2) is 6.74. The number of anilines is 2. The molecule has 4 rings (SSSR count). The summed E-state index contributed by atoms with van der Waals surface area (Å²) in [7, 11) is 1.90. The molecule has 4 N–H and O–H groups in total. The average Bonchev–Trinajstić information content (AvgIpc) is 3.37. The van der Waals surface area contributed by atoms with Gasteiger partial charge in [-0.3, -0.25) is 4.68 Å². The monoisotopic (exact) mass is 379 g/mol. The van der Waals surface area contributed by atoms with Crippen LogP contribution in [-0.4, -0.2) is 31.8 Å². The lowest BCUT2D eigenvalue weighted by molar-refractivity contribution is 0.323. The number of nitrogens with two attached hydrogens (primary N) is 1. The third kappa shape index (κ3) is 3.42. The summed E-state index contributed by atoms with van der Waals surface area (Å²) in [6.07, 6.45) is 4.11. The van der Waals surface area contributed by atoms with Crippen LogP contribution in [0.3, 0.4) is 0 Å². The van der Waals surface area contributed by atoms with Crippen LogP contribution in [0.15, 0.2) is 36.5 Å². The number of aromatic nitrogens is 4. The van der Waals surface area contributed by atoms with Crippen LogP contribution in [0.25, 0.3) is 11.0 Å². The molecule has 0 bridgehead atoms. The van der Waals surface area contributed by atoms with E-state index < -0.39 is 0 Å². The second-order valence-corrected chi connectivity index (χ2v) is 8.76. The molecule has 1 fully saturated rings. The highest BCUT2D eigenvalue weighted by Crippen LogP contribution is 2.52. The molecule has 0 amide bonds. The zero-order valence-corrected chi connectivity index (χ0v) is 17.0. The molecule has 2 heterocycles. The lowest BCUT2D eigenvalue weighted by Gasteiger charge is -2.32. The van der Waals surface area contributed by atoms with Crippen LogP contribution in [-0.2, 0) is 7.05 Å². The minimum Gasteiger partial charge on any atom is -0.363 e. The Bertz CT molecular complexity index is 968. The maximum Gasteiger partial charge on any atom is 0.226 e. The maximum atomic E-state index is 6.32. The summed E-state index contributed by atoms with van der Waals surface area (Å²) in [6, 6.07) is 9.92. The van der Waals surface area contributed by atoms with Crippen LogP contribution in [0, 0.1) is 5.41 Å². The first kappa shape index (κ1) is 18.7. The van der Waals surface area contributed by atoms with Crippen LogP contribution in [0.5, 0.6) is 0 Å². The third-order valence-corrected chi connectivity index (χ3v) is 5.84. The number of hydrogen-bond acceptors (Lipinski definition) is 6. The van der Waals surface area contributed by atoms with Crippen molar-refractivity contribution in [1.82, 2.24) is 19.7 Å². The van der Waals surface area contributed by atoms with Crippen molar-refractivity contribution in [3.63, 3.8) is 0 Å². The summed E-state index contributed by atoms with van der Waals surface area (Å²) in [5.74, 6) is 1.40. The van der Waals surface area contributed by atoms with Crippen LogP contribution in [0.2, 0.25) is 0 Å². The lowest BCUT2D eigenvalue weighted by atomic mass is 9.84. The Kier molecular flexibility index (Phi) is 4.50. The molecule has 0 saturated heterocycles. The number of rotatable bonds is 6. The minimum absolute atomic E-state index is 0.0713. The van der Waals surface area contributed by atoms with Crippen molar-refractivity contribution in [3.05, 3.63) is 42.1 Å². The van der Waals surface area contributed by atoms with E-state index in [9.17, 15) is 0 Å². The van der Waals surface area contributed by atoms with Crippen molar-refractivity contribution < 1.29 is 0 Å². The Hall–Kier alpha value is -2.67. The van der Waals surface area contributed by atoms with Gasteiger partial charge in [-0.15, -0.1) is 0 Å². The van der Waals surface area contributed by atoms with Crippen molar-refractivity contribution in [1.29, 1.82) is 0 Å². The van der Waals surface area contributed by atoms with Crippen molar-refractivity contribution in [2.45, 2.75) is 45.2 Å². The SMILES string of the molecule is Cn1ncc2c(NC3(C(C)(C)C)CC3)nc(NCC(N)c3ccccc3)nc21. The summed E-state index contributed by atoms with van der Waals surface area (Å²) < 4.78 is 1.78. The van der Waals surface area contributed by atoms with Crippen molar-refractivity contribution >= 4 is 22.8 Å². The summed E-state index contributed by atoms with van der Waals surface area (Å²) in [5.41, 5.74) is 8.43. The van der Waals surface area contributed by atoms with E-state index in [4.69, 9.17) is 10.7 Å². The molecule has 0 aliphatic heterocycles. The van der Waals surface area contributed by atoms with Gasteiger partial charge in [-0.1, -0.05) is 51.1 Å². The first-order chi connectivity index (χ1) is 13.3. The smallest absolute Gasteiger partial charge is 0.226 e. The molecule has 1 saturated carbocycles. The van der Waals surface area contributed by atoms with Crippen LogP contribution in [0.1, 0.15) is 45.2 Å². The van der Waals surface area contributed by atoms with Gasteiger partial charge in [-0.2, -0.15) is 15.1 Å². The number of hydrogen-bond donors (Lipinski definition) is 3. The second-order valence-electron chi connectivity index (χ2n) is 8.76. The fourth-order valence-electron chi connectivity index (χ4n) is 3.63. The van der Waals surface area contributed by atoms with E-state index in [-0.39, 0.29) is 17.0 Å². The van der Waals surface area contributed by atoms with Crippen molar-refractivity contribution in [2.24, 2.45) is 18.2 Å². The zero-order valence-electron chi connectivity index (χ0n) is 17.0. The van der Waals surface area contributed by atoms with Crippen LogP contribution < -0.4 is 16.4 Å². The molecule has 7 nitrogen and oxygen atoms in total. The molecular formula is C21H29N7. The largest absolute Gasteiger partial charge is 0.363 e. The first-order valence-electron chi connectivity index (χ1n) is 9.81. The zero-order chi connectivity index (χ0) is 19.9. The highest BCUT2D eigenvalue weighted by atomic mass is 15.3. The molecule has 0 spiro atoms. The molecule has 0 radical (unpaired) electrons. The number of benzene rings is 1. The highest BCUT2D eigenvalue weighted by molar-refractivity contribution is 5.88. The summed E-state index contributed by atoms with van der Waals surface area (Å²) in [4.78, 5) is 9.43. The predicted molar refractivity (Wildman–Crippen MR) is 113 cm³/mol. The quantitative estimate of drug-likeness (QED) is 0.607. The van der Waals surface area contributed by atoms with E-state index in [1.54, 1.807) is 4.68 Å². The maximum absolute atomic E-state index is 6.32. The fourth-order valence-corrected chi connectivity index (χ4v) is 3.63. The predicted octanol–water partition coefficient (Wildman–Crippen LogP) is 3.47. The van der Waals surface area contributed by atoms with Crippen molar-refractivity contribution in [2.75, 3.05) is 17.2 Å². The van der Waals surface area contributed by atoms with E-state index in [0.29, 0.717) is 12.5 Å². The van der Waals surface area contributed by atoms with Gasteiger partial charge in [0.15, 0.2) is 5.65 Å². The Morgan fingerprint density at radius 1 is 1.18 bits per heavy atom. The van der Waals surface area contributed by atoms with Gasteiger partial charge in [-0.05, 0) is 23.8 Å². The normalized spacial score (nSPS) is 16.8. The van der Waals surface area contributed by atoms with Gasteiger partial charge in [0.2, 0.25) is 5.95 Å². The Labute approximate surface area is 165 Å². The minimum atomic E-state index is -0.132. The van der Waals surface area contributed by atoms with Crippen LogP contribution in [0.4, 0.5) is 11.8 Å². The van der Waals surface area contributed by atoms with Gasteiger partial charge >= 0.3 is 0 Å². The summed E-state index contributed by atoms with van der Waals surface area (Å²) in [6.45, 7) is 7.36. The molecule has 1 unspecified atom stereocenters. The number of nitrogens with one attached hydrogen (secondary N) is 2. The van der Waals surface area contributed by atoms with Gasteiger partial charge < -0.3 is 16.4 Å². The van der Waals surface area contributed by atoms with E-state index in [2.05, 4.69) is 41.5 Å². The van der Waals surface area contributed by atoms with Gasteiger partial charge in [0, 0.05) is 25.2 Å². The number of fused-ring (bicyclic) bond motifs is 1. The molecule has 1 aromatic carbocycles. The van der Waals surface area contributed by atoms with Crippen molar-refractivity contribution in [3.8, 4) is 0 Å². The van der Waals surface area contributed by atoms with Gasteiger partial charge in [0.25, 0.3) is 0 Å². The van der Waals surface area contributed by atoms with Crippen LogP contribution >= 0.6 is 0 Å². The molecule has 7 heteroatoms. The molecule has 1 aliphatic carbocycles. The molecule has 3 aromatic rings. The summed E-state index contributed by atoms with van der Waals surface area (Å²) >= 11 is 0. The topological polar surface area (TPSA) is 93.7 Å². The Balaban J connectivity index is 1.60. The number of aryl methyl sites for hydroxylation is 1. The molecule has 1 aliphatic rings. The molecular weight excluding hydrogens is 350 g/mol. The average molecular weight is 380 g/mol. The highest BCUT2D eigenvalue weighted by Gasteiger charge is 2.52. The van der Waals surface area contributed by atoms with Gasteiger partial charge in [-0.25, -0.2) is 0 Å². The number of nitrogens with zero attached hydrogens (tertiary/aromatic N) is 4. The molecule has 28 heavy (non-hydrogen) atoms. The molecule has 1 atom stereocenters. The molecule has 2 aromatic heterocycles. The fraction of sp³-hybridized carbons (Fsp3) is 0.476. The first-order valence-corrected chi connectivity index (χ1v) is 9.81. The van der Waals surface area contributed by atoms with E-state index in [1.165, 1.54) is 0 Å². The Morgan fingerprint density at radius 3 is 2.54 bits per heavy atom. The van der Waals surface area contributed by atoms with E-state index in [0.717, 1.165) is 35.3 Å². The van der Waals surface area contributed by atoms with E-state index in [1.807, 2.05) is 43.6 Å². The van der Waals surface area contributed by atoms with E-state index >= 15 is 0 Å².